The fourth-order valence-corrected chi connectivity index (χ4v) is 15.7. The van der Waals surface area contributed by atoms with Crippen molar-refractivity contribution in [1.29, 1.82) is 0 Å². The third kappa shape index (κ3) is 6.89. The molecule has 0 spiro atoms. The van der Waals surface area contributed by atoms with Gasteiger partial charge in [0.05, 0.1) is 5.69 Å². The van der Waals surface area contributed by atoms with Crippen molar-refractivity contribution in [3.8, 4) is 0 Å². The van der Waals surface area contributed by atoms with Gasteiger partial charge in [0.2, 0.25) is 0 Å². The summed E-state index contributed by atoms with van der Waals surface area (Å²) in [6.07, 6.45) is 3.36. The molecule has 3 nitrogen and oxygen atoms in total. The molecule has 12 rings (SSSR count). The molecular formula is C68H76BN3. The molecule has 0 radical (unpaired) electrons. The van der Waals surface area contributed by atoms with Gasteiger partial charge in [0.1, 0.15) is 0 Å². The molecular weight excluding hydrogens is 870 g/mol. The Balaban J connectivity index is 1.25. The summed E-state index contributed by atoms with van der Waals surface area (Å²) in [6.45, 7) is 39.0. The number of rotatable bonds is 5. The van der Waals surface area contributed by atoms with Crippen LogP contribution in [0.1, 0.15) is 168 Å². The molecule has 7 aromatic rings. The van der Waals surface area contributed by atoms with E-state index in [1.165, 1.54) is 95.0 Å². The second-order valence-electron chi connectivity index (χ2n) is 27.7. The monoisotopic (exact) mass is 946 g/mol. The van der Waals surface area contributed by atoms with Gasteiger partial charge in [0.25, 0.3) is 6.71 Å². The summed E-state index contributed by atoms with van der Waals surface area (Å²) in [5.41, 5.74) is 27.0. The van der Waals surface area contributed by atoms with Gasteiger partial charge in [-0.25, -0.2) is 0 Å². The molecule has 0 fully saturated rings. The van der Waals surface area contributed by atoms with Gasteiger partial charge >= 0.3 is 0 Å². The van der Waals surface area contributed by atoms with E-state index in [0.29, 0.717) is 0 Å². The zero-order valence-corrected chi connectivity index (χ0v) is 46.2. The summed E-state index contributed by atoms with van der Waals surface area (Å²) in [5, 5.41) is 0. The van der Waals surface area contributed by atoms with E-state index in [2.05, 4.69) is 259 Å². The summed E-state index contributed by atoms with van der Waals surface area (Å²) in [7, 11) is 0. The van der Waals surface area contributed by atoms with E-state index in [1.54, 1.807) is 0 Å². The normalized spacial score (nSPS) is 19.5. The van der Waals surface area contributed by atoms with Crippen LogP contribution >= 0.6 is 0 Å². The quantitative estimate of drug-likeness (QED) is 0.159. The maximum absolute atomic E-state index is 2.71. The van der Waals surface area contributed by atoms with Crippen LogP contribution in [0.2, 0.25) is 0 Å². The standard InChI is InChI=1S/C68H76BN3/c1-42-31-49-52(67(13,14)40-64(49,7)8)37-57(42)72-56-30-27-43(62(2,3)4)32-54(56)69-55-36-51-53(68(15,16)41-66(51,11)12)38-58(55)71(46-28-29-48-50(33-46)65(9,10)39-63(48,5)6)59-34-47(35-60(72)61(59)69)70(44-23-19-17-20-24-44)45-25-21-18-22-26-45/h17-38H,39-41H2,1-16H3. The van der Waals surface area contributed by atoms with Gasteiger partial charge in [-0.2, -0.15) is 0 Å². The molecule has 5 aliphatic rings. The Morgan fingerprint density at radius 3 is 1.40 bits per heavy atom. The zero-order valence-electron chi connectivity index (χ0n) is 46.2. The van der Waals surface area contributed by atoms with E-state index in [-0.39, 0.29) is 44.6 Å². The predicted molar refractivity (Wildman–Crippen MR) is 311 cm³/mol. The van der Waals surface area contributed by atoms with Gasteiger partial charge in [-0.05, 0) is 192 Å². The van der Waals surface area contributed by atoms with Gasteiger partial charge in [-0.3, -0.25) is 0 Å². The minimum absolute atomic E-state index is 0.00882. The van der Waals surface area contributed by atoms with Gasteiger partial charge in [0.15, 0.2) is 0 Å². The maximum atomic E-state index is 2.71. The highest BCUT2D eigenvalue weighted by molar-refractivity contribution is 7.00. The number of nitrogens with zero attached hydrogens (tertiary/aromatic N) is 3. The zero-order chi connectivity index (χ0) is 51.0. The minimum Gasteiger partial charge on any atom is -0.311 e. The molecule has 0 amide bonds. The van der Waals surface area contributed by atoms with Crippen molar-refractivity contribution in [1.82, 2.24) is 0 Å². The summed E-state index contributed by atoms with van der Waals surface area (Å²) < 4.78 is 0. The maximum Gasteiger partial charge on any atom is 0.252 e. The summed E-state index contributed by atoms with van der Waals surface area (Å²) in [4.78, 5) is 7.90. The minimum atomic E-state index is -0.0454. The third-order valence-electron chi connectivity index (χ3n) is 18.2. The molecule has 7 aromatic carbocycles. The van der Waals surface area contributed by atoms with E-state index in [4.69, 9.17) is 0 Å². The highest BCUT2D eigenvalue weighted by atomic mass is 15.2. The van der Waals surface area contributed by atoms with Crippen LogP contribution in [0.15, 0.2) is 133 Å². The Hall–Kier alpha value is -6.00. The van der Waals surface area contributed by atoms with Crippen molar-refractivity contribution in [3.05, 3.63) is 178 Å². The van der Waals surface area contributed by atoms with Crippen LogP contribution < -0.4 is 31.1 Å². The Bertz CT molecular complexity index is 3360. The van der Waals surface area contributed by atoms with Crippen LogP contribution in [0, 0.1) is 6.92 Å². The topological polar surface area (TPSA) is 9.72 Å². The fraction of sp³-hybridized carbons (Fsp3) is 0.382. The summed E-state index contributed by atoms with van der Waals surface area (Å²) in [5.74, 6) is 0. The molecule has 2 heterocycles. The van der Waals surface area contributed by atoms with Crippen LogP contribution in [-0.4, -0.2) is 6.71 Å². The molecule has 3 aliphatic carbocycles. The second-order valence-corrected chi connectivity index (χ2v) is 27.7. The SMILES string of the molecule is Cc1cc2c(cc1N1c3ccc(C(C)(C)C)cc3B3c4cc5c(cc4N(c4ccc6c(c4)C(C)(C)CC6(C)C)c4cc(N(c6ccccc6)c6ccccc6)cc1c43)C(C)(C)CC5(C)C)C(C)(C)CC2(C)C. The highest BCUT2D eigenvalue weighted by Gasteiger charge is 2.50. The number of para-hydroxylation sites is 2. The first-order valence-electron chi connectivity index (χ1n) is 27.0. The molecule has 0 bridgehead atoms. The molecule has 366 valence electrons. The molecule has 0 N–H and O–H groups in total. The van der Waals surface area contributed by atoms with Crippen molar-refractivity contribution in [3.63, 3.8) is 0 Å². The smallest absolute Gasteiger partial charge is 0.252 e. The predicted octanol–water partition coefficient (Wildman–Crippen LogP) is 16.7. The first-order chi connectivity index (χ1) is 33.7. The largest absolute Gasteiger partial charge is 0.311 e. The molecule has 2 aliphatic heterocycles. The molecule has 0 atom stereocenters. The lowest BCUT2D eigenvalue weighted by Gasteiger charge is -2.46. The van der Waals surface area contributed by atoms with Gasteiger partial charge in [0, 0.05) is 45.5 Å². The van der Waals surface area contributed by atoms with E-state index < -0.39 is 0 Å². The second kappa shape index (κ2) is 15.1. The van der Waals surface area contributed by atoms with Crippen molar-refractivity contribution in [2.75, 3.05) is 14.7 Å². The Labute approximate surface area is 432 Å². The first-order valence-corrected chi connectivity index (χ1v) is 27.0. The number of fused-ring (bicyclic) bond motifs is 7. The molecule has 4 heteroatoms. The Morgan fingerprint density at radius 1 is 0.403 bits per heavy atom. The summed E-state index contributed by atoms with van der Waals surface area (Å²) >= 11 is 0. The third-order valence-corrected chi connectivity index (χ3v) is 18.2. The van der Waals surface area contributed by atoms with Crippen LogP contribution in [0.3, 0.4) is 0 Å². The molecule has 0 unspecified atom stereocenters. The number of aryl methyl sites for hydroxylation is 1. The first kappa shape index (κ1) is 47.0. The molecule has 0 saturated heterocycles. The van der Waals surface area contributed by atoms with Crippen molar-refractivity contribution in [2.24, 2.45) is 0 Å². The van der Waals surface area contributed by atoms with E-state index >= 15 is 0 Å². The van der Waals surface area contributed by atoms with Crippen LogP contribution in [0.4, 0.5) is 51.2 Å². The number of benzene rings is 7. The molecule has 72 heavy (non-hydrogen) atoms. The van der Waals surface area contributed by atoms with Crippen molar-refractivity contribution < 1.29 is 0 Å². The number of anilines is 9. The van der Waals surface area contributed by atoms with Crippen LogP contribution in [-0.2, 0) is 37.9 Å². The number of hydrogen-bond acceptors (Lipinski definition) is 3. The van der Waals surface area contributed by atoms with Gasteiger partial charge in [-0.1, -0.05) is 171 Å². The van der Waals surface area contributed by atoms with E-state index in [1.807, 2.05) is 0 Å². The average molecular weight is 946 g/mol. The Kier molecular flexibility index (Phi) is 9.83. The van der Waals surface area contributed by atoms with Crippen LogP contribution in [0.5, 0.6) is 0 Å². The lowest BCUT2D eigenvalue weighted by Crippen LogP contribution is -2.61. The number of hydrogen-bond donors (Lipinski definition) is 0. The van der Waals surface area contributed by atoms with Crippen molar-refractivity contribution >= 4 is 74.3 Å². The Morgan fingerprint density at radius 2 is 0.861 bits per heavy atom. The van der Waals surface area contributed by atoms with Crippen molar-refractivity contribution in [2.45, 2.75) is 168 Å². The summed E-state index contributed by atoms with van der Waals surface area (Å²) in [6, 6.07) is 52.7. The van der Waals surface area contributed by atoms with Gasteiger partial charge in [-0.15, -0.1) is 0 Å². The highest BCUT2D eigenvalue weighted by Crippen LogP contribution is 2.57. The molecule has 0 aromatic heterocycles. The average Bonchev–Trinajstić information content (AvgIpc) is 3.70. The van der Waals surface area contributed by atoms with E-state index in [9.17, 15) is 0 Å². The van der Waals surface area contributed by atoms with E-state index in [0.717, 1.165) is 36.3 Å². The van der Waals surface area contributed by atoms with Crippen LogP contribution in [0.25, 0.3) is 0 Å². The lowest BCUT2D eigenvalue weighted by atomic mass is 9.33. The lowest BCUT2D eigenvalue weighted by molar-refractivity contribution is 0.402. The van der Waals surface area contributed by atoms with Gasteiger partial charge < -0.3 is 14.7 Å². The fourth-order valence-electron chi connectivity index (χ4n) is 15.7. The molecule has 0 saturated carbocycles.